The highest BCUT2D eigenvalue weighted by Gasteiger charge is 2.49. The first-order valence-corrected chi connectivity index (χ1v) is 18.9. The Bertz CT molecular complexity index is 2450. The van der Waals surface area contributed by atoms with Gasteiger partial charge in [0.15, 0.2) is 0 Å². The largest absolute Gasteiger partial charge is 0.496 e. The number of amides is 1. The summed E-state index contributed by atoms with van der Waals surface area (Å²) in [6.45, 7) is 4.28. The summed E-state index contributed by atoms with van der Waals surface area (Å²) in [5.74, 6) is -1.64. The number of ether oxygens (including phenoxy) is 1. The van der Waals surface area contributed by atoms with Crippen LogP contribution in [-0.4, -0.2) is 50.5 Å². The molecule has 2 aliphatic heterocycles. The van der Waals surface area contributed by atoms with Crippen molar-refractivity contribution in [2.45, 2.75) is 70.4 Å². The van der Waals surface area contributed by atoms with E-state index >= 15 is 8.78 Å². The lowest BCUT2D eigenvalue weighted by Gasteiger charge is -2.22. The molecule has 1 saturated heterocycles. The number of pyridine rings is 2. The zero-order valence-corrected chi connectivity index (χ0v) is 30.9. The lowest BCUT2D eigenvalue weighted by Crippen LogP contribution is -2.28. The third-order valence-corrected chi connectivity index (χ3v) is 12.2. The Morgan fingerprint density at radius 1 is 1.04 bits per heavy atom. The summed E-state index contributed by atoms with van der Waals surface area (Å²) >= 11 is 7.21. The molecule has 6 aromatic rings. The molecule has 2 aliphatic carbocycles. The number of anilines is 1. The van der Waals surface area contributed by atoms with Crippen molar-refractivity contribution in [3.63, 3.8) is 0 Å². The molecule has 6 heterocycles. The summed E-state index contributed by atoms with van der Waals surface area (Å²) in [6, 6.07) is 13.8. The Morgan fingerprint density at radius 2 is 1.89 bits per heavy atom. The molecule has 270 valence electrons. The molecule has 13 heteroatoms. The Hall–Kier alpha value is -4.94. The lowest BCUT2D eigenvalue weighted by molar-refractivity contribution is -0.00734. The topological polar surface area (TPSA) is 106 Å². The van der Waals surface area contributed by atoms with Crippen LogP contribution in [-0.2, 0) is 19.3 Å². The number of hydrogen-bond acceptors (Lipinski definition) is 9. The number of alkyl halides is 2. The minimum Gasteiger partial charge on any atom is -0.496 e. The van der Waals surface area contributed by atoms with Gasteiger partial charge in [0.2, 0.25) is 11.8 Å². The van der Waals surface area contributed by atoms with Gasteiger partial charge in [-0.1, -0.05) is 29.8 Å². The third kappa shape index (κ3) is 5.65. The summed E-state index contributed by atoms with van der Waals surface area (Å²) < 4.78 is 42.8. The Balaban J connectivity index is 0.000000321. The van der Waals surface area contributed by atoms with E-state index in [-0.39, 0.29) is 17.8 Å². The molecule has 1 amide bonds. The second-order valence-corrected chi connectivity index (χ2v) is 15.5. The fourth-order valence-electron chi connectivity index (χ4n) is 8.38. The molecule has 4 aliphatic rings. The van der Waals surface area contributed by atoms with Crippen molar-refractivity contribution in [3.05, 3.63) is 105 Å². The Morgan fingerprint density at radius 3 is 2.70 bits per heavy atom. The highest BCUT2D eigenvalue weighted by molar-refractivity contribution is 7.23. The van der Waals surface area contributed by atoms with E-state index in [4.69, 9.17) is 25.7 Å². The standard InChI is InChI=1S/C31H26F2N6O3S.C9H9Cl/c1-14-22(29-38-37-15(2)42-29)23(24-25(35-14)19-7-5-11-39(19)30(24)40)21-12-16-9-10-34-28(26(16)43-21)36-27-17-6-4-8-20(41-3)18(17)13-31(27,32)33;10-9-5-4-7-2-1-3-8(7)6-9/h4,6,8-10,12,19,27H,5,7,11,13H2,1-3H3,(H,34,36);4-6H,1-3H2. The van der Waals surface area contributed by atoms with Crippen molar-refractivity contribution in [1.29, 1.82) is 0 Å². The van der Waals surface area contributed by atoms with Gasteiger partial charge in [0.25, 0.3) is 11.8 Å². The molecule has 0 saturated carbocycles. The van der Waals surface area contributed by atoms with Gasteiger partial charge < -0.3 is 19.4 Å². The number of nitrogens with zero attached hydrogens (tertiary/aromatic N) is 5. The number of fused-ring (bicyclic) bond motifs is 6. The number of aromatic nitrogens is 4. The van der Waals surface area contributed by atoms with E-state index in [0.29, 0.717) is 62.2 Å². The normalized spacial score (nSPS) is 19.1. The number of aryl methyl sites for hydroxylation is 4. The highest BCUT2D eigenvalue weighted by Crippen LogP contribution is 2.52. The predicted molar refractivity (Wildman–Crippen MR) is 200 cm³/mol. The van der Waals surface area contributed by atoms with Crippen molar-refractivity contribution in [3.8, 4) is 27.6 Å². The zero-order valence-electron chi connectivity index (χ0n) is 29.3. The predicted octanol–water partition coefficient (Wildman–Crippen LogP) is 9.50. The monoisotopic (exact) mass is 752 g/mol. The van der Waals surface area contributed by atoms with Crippen molar-refractivity contribution in [1.82, 2.24) is 25.1 Å². The fraction of sp³-hybridized carbons (Fsp3) is 0.325. The van der Waals surface area contributed by atoms with E-state index in [0.717, 1.165) is 33.8 Å². The maximum Gasteiger partial charge on any atom is 0.276 e. The number of halogens is 3. The van der Waals surface area contributed by atoms with Crippen LogP contribution in [0.25, 0.3) is 32.0 Å². The maximum atomic E-state index is 15.5. The summed E-state index contributed by atoms with van der Waals surface area (Å²) in [5.41, 5.74) is 7.19. The molecule has 2 unspecified atom stereocenters. The summed E-state index contributed by atoms with van der Waals surface area (Å²) in [7, 11) is 1.49. The SMILES string of the molecule is COc1cccc2c1CC(F)(F)C2Nc1nccc2cc(-c3c4c(nc(C)c3-c3nnc(C)o3)C3CCCN3C4=O)sc12.Clc1ccc2c(c1)CCC2. The van der Waals surface area contributed by atoms with E-state index in [9.17, 15) is 4.79 Å². The van der Waals surface area contributed by atoms with Crippen LogP contribution in [0, 0.1) is 13.8 Å². The van der Waals surface area contributed by atoms with Crippen LogP contribution >= 0.6 is 22.9 Å². The van der Waals surface area contributed by atoms with Gasteiger partial charge in [0.1, 0.15) is 17.6 Å². The molecular formula is C40H35ClF2N6O3S. The average molecular weight is 753 g/mol. The maximum absolute atomic E-state index is 15.5. The molecule has 2 aromatic carbocycles. The van der Waals surface area contributed by atoms with Crippen LogP contribution in [0.4, 0.5) is 14.6 Å². The van der Waals surface area contributed by atoms with Crippen LogP contribution in [0.1, 0.15) is 81.2 Å². The van der Waals surface area contributed by atoms with Crippen LogP contribution in [0.3, 0.4) is 0 Å². The van der Waals surface area contributed by atoms with Crippen LogP contribution in [0.15, 0.2) is 59.1 Å². The molecule has 2 atom stereocenters. The number of benzene rings is 2. The number of nitrogens with one attached hydrogen (secondary N) is 1. The summed E-state index contributed by atoms with van der Waals surface area (Å²) in [5, 5.41) is 13.1. The van der Waals surface area contributed by atoms with Crippen molar-refractivity contribution >= 4 is 44.7 Å². The molecule has 1 N–H and O–H groups in total. The van der Waals surface area contributed by atoms with Gasteiger partial charge in [-0.15, -0.1) is 21.5 Å². The minimum atomic E-state index is -3.05. The van der Waals surface area contributed by atoms with E-state index in [2.05, 4.69) is 32.6 Å². The molecular weight excluding hydrogens is 718 g/mol. The summed E-state index contributed by atoms with van der Waals surface area (Å²) in [6.07, 6.45) is 6.73. The number of rotatable bonds is 5. The molecule has 0 radical (unpaired) electrons. The highest BCUT2D eigenvalue weighted by atomic mass is 35.5. The Labute approximate surface area is 313 Å². The first-order valence-electron chi connectivity index (χ1n) is 17.7. The first kappa shape index (κ1) is 33.9. The van der Waals surface area contributed by atoms with Gasteiger partial charge >= 0.3 is 0 Å². The van der Waals surface area contributed by atoms with Gasteiger partial charge in [0, 0.05) is 47.1 Å². The van der Waals surface area contributed by atoms with E-state index in [1.54, 1.807) is 31.3 Å². The fourth-order valence-corrected chi connectivity index (χ4v) is 9.74. The molecule has 10 rings (SSSR count). The third-order valence-electron chi connectivity index (χ3n) is 10.7. The van der Waals surface area contributed by atoms with E-state index in [1.807, 2.05) is 30.0 Å². The average Bonchev–Trinajstić information content (AvgIpc) is 3.99. The lowest BCUT2D eigenvalue weighted by atomic mass is 9.95. The van der Waals surface area contributed by atoms with Crippen molar-refractivity contribution < 1.29 is 22.7 Å². The number of methoxy groups -OCH3 is 1. The minimum absolute atomic E-state index is 0.0617. The molecule has 0 bridgehead atoms. The second-order valence-electron chi connectivity index (χ2n) is 14.0. The van der Waals surface area contributed by atoms with Crippen LogP contribution in [0.2, 0.25) is 5.02 Å². The van der Waals surface area contributed by atoms with E-state index < -0.39 is 18.4 Å². The molecule has 0 spiro atoms. The first-order chi connectivity index (χ1) is 25.6. The van der Waals surface area contributed by atoms with Crippen molar-refractivity contribution in [2.24, 2.45) is 0 Å². The molecule has 53 heavy (non-hydrogen) atoms. The quantitative estimate of drug-likeness (QED) is 0.186. The van der Waals surface area contributed by atoms with Crippen LogP contribution in [0.5, 0.6) is 5.75 Å². The van der Waals surface area contributed by atoms with Gasteiger partial charge in [0.05, 0.1) is 40.4 Å². The van der Waals surface area contributed by atoms with Gasteiger partial charge in [-0.2, -0.15) is 0 Å². The smallest absolute Gasteiger partial charge is 0.276 e. The molecule has 9 nitrogen and oxygen atoms in total. The number of carbonyl (C=O) groups is 1. The van der Waals surface area contributed by atoms with Crippen molar-refractivity contribution in [2.75, 3.05) is 19.0 Å². The van der Waals surface area contributed by atoms with Gasteiger partial charge in [-0.25, -0.2) is 13.8 Å². The Kier molecular flexibility index (Phi) is 8.23. The summed E-state index contributed by atoms with van der Waals surface area (Å²) in [4.78, 5) is 25.9. The van der Waals surface area contributed by atoms with Gasteiger partial charge in [-0.05, 0) is 91.4 Å². The molecule has 1 fully saturated rings. The second kappa shape index (κ2) is 12.9. The van der Waals surface area contributed by atoms with E-state index in [1.165, 1.54) is 48.8 Å². The molecule has 4 aromatic heterocycles. The van der Waals surface area contributed by atoms with Crippen LogP contribution < -0.4 is 10.1 Å². The number of thiophene rings is 1. The van der Waals surface area contributed by atoms with Gasteiger partial charge in [-0.3, -0.25) is 9.78 Å². The zero-order chi connectivity index (χ0) is 36.6. The number of hydrogen-bond donors (Lipinski definition) is 1. The number of carbonyl (C=O) groups excluding carboxylic acids is 1.